The van der Waals surface area contributed by atoms with Crippen molar-refractivity contribution in [3.05, 3.63) is 29.8 Å². The number of phenols is 1. The van der Waals surface area contributed by atoms with Gasteiger partial charge in [-0.2, -0.15) is 0 Å². The lowest BCUT2D eigenvalue weighted by molar-refractivity contribution is 0.0508. The fourth-order valence-corrected chi connectivity index (χ4v) is 1.36. The standard InChI is InChI=1S/C13H19NO3/c1-9(10-6-5-7-11(15)8-10)14-12(16)17-13(2,3)4/h5-9,15H,1-4H3,(H,14,16). The van der Waals surface area contributed by atoms with E-state index in [4.69, 9.17) is 4.74 Å². The van der Waals surface area contributed by atoms with E-state index in [-0.39, 0.29) is 11.8 Å². The van der Waals surface area contributed by atoms with Crippen LogP contribution in [0.5, 0.6) is 5.75 Å². The van der Waals surface area contributed by atoms with Crippen molar-refractivity contribution in [3.63, 3.8) is 0 Å². The lowest BCUT2D eigenvalue weighted by atomic mass is 10.1. The van der Waals surface area contributed by atoms with E-state index >= 15 is 0 Å². The molecular weight excluding hydrogens is 218 g/mol. The minimum atomic E-state index is -0.511. The summed E-state index contributed by atoms with van der Waals surface area (Å²) in [6.07, 6.45) is -0.464. The first-order valence-corrected chi connectivity index (χ1v) is 5.56. The summed E-state index contributed by atoms with van der Waals surface area (Å²) in [4.78, 5) is 11.5. The van der Waals surface area contributed by atoms with E-state index in [2.05, 4.69) is 5.32 Å². The molecule has 17 heavy (non-hydrogen) atoms. The van der Waals surface area contributed by atoms with Gasteiger partial charge in [-0.15, -0.1) is 0 Å². The van der Waals surface area contributed by atoms with Gasteiger partial charge >= 0.3 is 6.09 Å². The van der Waals surface area contributed by atoms with Crippen LogP contribution in [-0.4, -0.2) is 16.8 Å². The number of aromatic hydroxyl groups is 1. The number of hydrogen-bond acceptors (Lipinski definition) is 3. The lowest BCUT2D eigenvalue weighted by Gasteiger charge is -2.22. The van der Waals surface area contributed by atoms with Crippen molar-refractivity contribution < 1.29 is 14.6 Å². The number of benzene rings is 1. The number of rotatable bonds is 2. The summed E-state index contributed by atoms with van der Waals surface area (Å²) in [6.45, 7) is 7.27. The van der Waals surface area contributed by atoms with Crippen LogP contribution in [0.25, 0.3) is 0 Å². The fraction of sp³-hybridized carbons (Fsp3) is 0.462. The summed E-state index contributed by atoms with van der Waals surface area (Å²) in [6, 6.07) is 6.56. The van der Waals surface area contributed by atoms with Crippen molar-refractivity contribution in [1.29, 1.82) is 0 Å². The summed E-state index contributed by atoms with van der Waals surface area (Å²) in [7, 11) is 0. The summed E-state index contributed by atoms with van der Waals surface area (Å²) in [5.41, 5.74) is 0.318. The van der Waals surface area contributed by atoms with Crippen molar-refractivity contribution >= 4 is 6.09 Å². The molecule has 0 fully saturated rings. The van der Waals surface area contributed by atoms with E-state index in [9.17, 15) is 9.90 Å². The highest BCUT2D eigenvalue weighted by Gasteiger charge is 2.18. The highest BCUT2D eigenvalue weighted by atomic mass is 16.6. The summed E-state index contributed by atoms with van der Waals surface area (Å²) in [5, 5.41) is 12.0. The van der Waals surface area contributed by atoms with E-state index in [1.807, 2.05) is 33.8 Å². The number of phenolic OH excluding ortho intramolecular Hbond substituents is 1. The second-order valence-corrected chi connectivity index (χ2v) is 4.96. The Bertz CT molecular complexity index is 396. The summed E-state index contributed by atoms with van der Waals surface area (Å²) < 4.78 is 5.15. The Balaban J connectivity index is 2.61. The molecule has 1 atom stereocenters. The average molecular weight is 237 g/mol. The monoisotopic (exact) mass is 237 g/mol. The molecular formula is C13H19NO3. The minimum Gasteiger partial charge on any atom is -0.508 e. The number of ether oxygens (including phenoxy) is 1. The lowest BCUT2D eigenvalue weighted by Crippen LogP contribution is -2.34. The molecule has 1 amide bonds. The van der Waals surface area contributed by atoms with E-state index in [0.717, 1.165) is 5.56 Å². The Kier molecular flexibility index (Phi) is 3.99. The van der Waals surface area contributed by atoms with Crippen LogP contribution in [0.3, 0.4) is 0 Å². The van der Waals surface area contributed by atoms with Gasteiger partial charge in [-0.25, -0.2) is 4.79 Å². The van der Waals surface area contributed by atoms with Gasteiger partial charge in [-0.1, -0.05) is 12.1 Å². The molecule has 1 unspecified atom stereocenters. The van der Waals surface area contributed by atoms with Gasteiger partial charge in [0.2, 0.25) is 0 Å². The topological polar surface area (TPSA) is 58.6 Å². The first kappa shape index (κ1) is 13.4. The highest BCUT2D eigenvalue weighted by Crippen LogP contribution is 2.18. The second kappa shape index (κ2) is 5.08. The maximum atomic E-state index is 11.5. The zero-order chi connectivity index (χ0) is 13.1. The Hall–Kier alpha value is -1.71. The Morgan fingerprint density at radius 2 is 2.06 bits per heavy atom. The van der Waals surface area contributed by atoms with Crippen LogP contribution < -0.4 is 5.32 Å². The Labute approximate surface area is 102 Å². The van der Waals surface area contributed by atoms with Crippen LogP contribution >= 0.6 is 0 Å². The third-order valence-corrected chi connectivity index (χ3v) is 2.10. The summed E-state index contributed by atoms with van der Waals surface area (Å²) in [5.74, 6) is 0.181. The molecule has 1 aromatic carbocycles. The molecule has 0 aromatic heterocycles. The molecule has 0 aliphatic rings. The van der Waals surface area contributed by atoms with Crippen LogP contribution in [0.4, 0.5) is 4.79 Å². The SMILES string of the molecule is CC(NC(=O)OC(C)(C)C)c1cccc(O)c1. The Morgan fingerprint density at radius 1 is 1.41 bits per heavy atom. The Morgan fingerprint density at radius 3 is 2.59 bits per heavy atom. The van der Waals surface area contributed by atoms with Gasteiger partial charge in [0.25, 0.3) is 0 Å². The average Bonchev–Trinajstić information content (AvgIpc) is 2.14. The van der Waals surface area contributed by atoms with Crippen LogP contribution in [0.2, 0.25) is 0 Å². The molecule has 0 radical (unpaired) electrons. The van der Waals surface area contributed by atoms with Gasteiger partial charge in [0.15, 0.2) is 0 Å². The molecule has 0 aliphatic carbocycles. The van der Waals surface area contributed by atoms with Crippen LogP contribution in [0.1, 0.15) is 39.3 Å². The van der Waals surface area contributed by atoms with E-state index in [1.54, 1.807) is 18.2 Å². The van der Waals surface area contributed by atoms with Crippen molar-refractivity contribution in [3.8, 4) is 5.75 Å². The van der Waals surface area contributed by atoms with Crippen LogP contribution in [0.15, 0.2) is 24.3 Å². The molecule has 0 heterocycles. The van der Waals surface area contributed by atoms with Gasteiger partial charge in [-0.3, -0.25) is 0 Å². The van der Waals surface area contributed by atoms with Crippen molar-refractivity contribution in [1.82, 2.24) is 5.32 Å². The normalized spacial score (nSPS) is 12.9. The molecule has 2 N–H and O–H groups in total. The van der Waals surface area contributed by atoms with E-state index in [0.29, 0.717) is 0 Å². The van der Waals surface area contributed by atoms with Crippen LogP contribution in [-0.2, 0) is 4.74 Å². The molecule has 0 saturated carbocycles. The first-order valence-electron chi connectivity index (χ1n) is 5.56. The highest BCUT2D eigenvalue weighted by molar-refractivity contribution is 5.68. The third-order valence-electron chi connectivity index (χ3n) is 2.10. The molecule has 94 valence electrons. The number of amides is 1. The molecule has 0 aliphatic heterocycles. The number of alkyl carbamates (subject to hydrolysis) is 1. The minimum absolute atomic E-state index is 0.181. The number of carbonyl (C=O) groups is 1. The molecule has 0 saturated heterocycles. The molecule has 4 nitrogen and oxygen atoms in total. The largest absolute Gasteiger partial charge is 0.508 e. The zero-order valence-corrected chi connectivity index (χ0v) is 10.7. The quantitative estimate of drug-likeness (QED) is 0.831. The van der Waals surface area contributed by atoms with Crippen molar-refractivity contribution in [2.75, 3.05) is 0 Å². The number of carbonyl (C=O) groups excluding carboxylic acids is 1. The first-order chi connectivity index (χ1) is 7.78. The number of nitrogens with one attached hydrogen (secondary N) is 1. The molecule has 1 aromatic rings. The van der Waals surface area contributed by atoms with Crippen molar-refractivity contribution in [2.24, 2.45) is 0 Å². The van der Waals surface area contributed by atoms with Crippen molar-refractivity contribution in [2.45, 2.75) is 39.3 Å². The molecule has 0 spiro atoms. The summed E-state index contributed by atoms with van der Waals surface area (Å²) >= 11 is 0. The van der Waals surface area contributed by atoms with E-state index in [1.165, 1.54) is 0 Å². The maximum absolute atomic E-state index is 11.5. The predicted octanol–water partition coefficient (Wildman–Crippen LogP) is 2.98. The van der Waals surface area contributed by atoms with Gasteiger partial charge in [-0.05, 0) is 45.4 Å². The number of hydrogen-bond donors (Lipinski definition) is 2. The molecule has 4 heteroatoms. The van der Waals surface area contributed by atoms with Crippen LogP contribution in [0, 0.1) is 0 Å². The van der Waals surface area contributed by atoms with E-state index < -0.39 is 11.7 Å². The third kappa shape index (κ3) is 4.76. The second-order valence-electron chi connectivity index (χ2n) is 4.96. The van der Waals surface area contributed by atoms with Gasteiger partial charge in [0, 0.05) is 0 Å². The smallest absolute Gasteiger partial charge is 0.408 e. The molecule has 0 bridgehead atoms. The fourth-order valence-electron chi connectivity index (χ4n) is 1.36. The maximum Gasteiger partial charge on any atom is 0.408 e. The predicted molar refractivity (Wildman–Crippen MR) is 65.9 cm³/mol. The van der Waals surface area contributed by atoms with Gasteiger partial charge in [0.05, 0.1) is 6.04 Å². The van der Waals surface area contributed by atoms with Gasteiger partial charge < -0.3 is 15.2 Å². The van der Waals surface area contributed by atoms with Gasteiger partial charge in [0.1, 0.15) is 11.4 Å². The zero-order valence-electron chi connectivity index (χ0n) is 10.7. The molecule has 1 rings (SSSR count).